The summed E-state index contributed by atoms with van der Waals surface area (Å²) < 4.78 is 5.37. The first-order valence-corrected chi connectivity index (χ1v) is 7.09. The van der Waals surface area contributed by atoms with Crippen molar-refractivity contribution in [2.75, 3.05) is 11.9 Å². The maximum atomic E-state index is 11.4. The quantitative estimate of drug-likeness (QED) is 0.909. The molecule has 0 saturated carbocycles. The molecule has 0 aromatic heterocycles. The van der Waals surface area contributed by atoms with E-state index in [1.165, 1.54) is 5.56 Å². The molecular weight excluding hydrogens is 264 g/mol. The van der Waals surface area contributed by atoms with Gasteiger partial charge in [-0.15, -0.1) is 0 Å². The van der Waals surface area contributed by atoms with Crippen LogP contribution in [0.4, 0.5) is 5.69 Å². The van der Waals surface area contributed by atoms with E-state index in [1.54, 1.807) is 0 Å². The van der Waals surface area contributed by atoms with Crippen LogP contribution in [0.3, 0.4) is 0 Å². The molecular formula is C17H18N2O2. The molecule has 1 heterocycles. The zero-order chi connectivity index (χ0) is 14.8. The fourth-order valence-corrected chi connectivity index (χ4v) is 2.63. The van der Waals surface area contributed by atoms with Crippen molar-refractivity contribution >= 4 is 11.6 Å². The molecule has 2 aromatic carbocycles. The molecule has 0 radical (unpaired) electrons. The Morgan fingerprint density at radius 1 is 1.29 bits per heavy atom. The van der Waals surface area contributed by atoms with Gasteiger partial charge < -0.3 is 15.8 Å². The molecule has 4 heteroatoms. The van der Waals surface area contributed by atoms with Gasteiger partial charge in [-0.05, 0) is 35.2 Å². The predicted octanol–water partition coefficient (Wildman–Crippen LogP) is 2.63. The van der Waals surface area contributed by atoms with Crippen LogP contribution in [0.25, 0.3) is 0 Å². The van der Waals surface area contributed by atoms with Crippen molar-refractivity contribution in [3.8, 4) is 5.75 Å². The van der Waals surface area contributed by atoms with Gasteiger partial charge in [0.25, 0.3) is 5.91 Å². The largest absolute Gasteiger partial charge is 0.482 e. The molecule has 0 spiro atoms. The van der Waals surface area contributed by atoms with Gasteiger partial charge in [-0.3, -0.25) is 4.79 Å². The Hall–Kier alpha value is -2.33. The van der Waals surface area contributed by atoms with E-state index < -0.39 is 0 Å². The standard InChI is InChI=1S/C17H18N2O2/c1-2-11-5-3-4-6-13(11)17(18)12-7-8-15-14(9-12)19-16(20)10-21-15/h3-9,17H,2,10,18H2,1H3,(H,19,20). The molecule has 1 unspecified atom stereocenters. The van der Waals surface area contributed by atoms with Crippen LogP contribution in [0, 0.1) is 0 Å². The Balaban J connectivity index is 1.96. The van der Waals surface area contributed by atoms with Gasteiger partial charge in [0.2, 0.25) is 0 Å². The number of nitrogens with one attached hydrogen (secondary N) is 1. The SMILES string of the molecule is CCc1ccccc1C(N)c1ccc2c(c1)NC(=O)CO2. The van der Waals surface area contributed by atoms with Crippen LogP contribution < -0.4 is 15.8 Å². The fourth-order valence-electron chi connectivity index (χ4n) is 2.63. The first-order chi connectivity index (χ1) is 10.2. The lowest BCUT2D eigenvalue weighted by atomic mass is 9.93. The Morgan fingerprint density at radius 2 is 2.10 bits per heavy atom. The van der Waals surface area contributed by atoms with E-state index in [1.807, 2.05) is 30.3 Å². The molecule has 0 fully saturated rings. The Morgan fingerprint density at radius 3 is 2.90 bits per heavy atom. The lowest BCUT2D eigenvalue weighted by molar-refractivity contribution is -0.118. The fraction of sp³-hybridized carbons (Fsp3) is 0.235. The summed E-state index contributed by atoms with van der Waals surface area (Å²) in [4.78, 5) is 11.4. The molecule has 4 nitrogen and oxygen atoms in total. The Bertz CT molecular complexity index is 682. The van der Waals surface area contributed by atoms with Gasteiger partial charge in [0.05, 0.1) is 11.7 Å². The molecule has 1 atom stereocenters. The van der Waals surface area contributed by atoms with Gasteiger partial charge in [-0.2, -0.15) is 0 Å². The zero-order valence-corrected chi connectivity index (χ0v) is 11.9. The highest BCUT2D eigenvalue weighted by molar-refractivity contribution is 5.95. The third kappa shape index (κ3) is 2.62. The van der Waals surface area contributed by atoms with Crippen molar-refractivity contribution in [3.63, 3.8) is 0 Å². The summed E-state index contributed by atoms with van der Waals surface area (Å²) in [6.45, 7) is 2.18. The van der Waals surface area contributed by atoms with Gasteiger partial charge in [0.1, 0.15) is 5.75 Å². The maximum Gasteiger partial charge on any atom is 0.262 e. The third-order valence-corrected chi connectivity index (χ3v) is 3.77. The van der Waals surface area contributed by atoms with E-state index in [0.717, 1.165) is 17.5 Å². The molecule has 21 heavy (non-hydrogen) atoms. The molecule has 3 rings (SSSR count). The number of ether oxygens (including phenoxy) is 1. The Kier molecular flexibility index (Phi) is 3.62. The Labute approximate surface area is 123 Å². The second-order valence-electron chi connectivity index (χ2n) is 5.12. The van der Waals surface area contributed by atoms with E-state index in [-0.39, 0.29) is 18.6 Å². The van der Waals surface area contributed by atoms with Gasteiger partial charge in [-0.1, -0.05) is 37.3 Å². The summed E-state index contributed by atoms with van der Waals surface area (Å²) >= 11 is 0. The molecule has 2 aromatic rings. The van der Waals surface area contributed by atoms with Gasteiger partial charge in [0.15, 0.2) is 6.61 Å². The van der Waals surface area contributed by atoms with Crippen molar-refractivity contribution in [1.82, 2.24) is 0 Å². The number of amides is 1. The molecule has 0 saturated heterocycles. The van der Waals surface area contributed by atoms with E-state index >= 15 is 0 Å². The summed E-state index contributed by atoms with van der Waals surface area (Å²) in [7, 11) is 0. The minimum Gasteiger partial charge on any atom is -0.482 e. The lowest BCUT2D eigenvalue weighted by Gasteiger charge is -2.21. The first-order valence-electron chi connectivity index (χ1n) is 7.09. The van der Waals surface area contributed by atoms with Gasteiger partial charge in [0, 0.05) is 0 Å². The molecule has 1 aliphatic rings. The second kappa shape index (κ2) is 5.58. The summed E-state index contributed by atoms with van der Waals surface area (Å²) in [6, 6.07) is 13.7. The van der Waals surface area contributed by atoms with Crippen LogP contribution in [0.5, 0.6) is 5.75 Å². The second-order valence-corrected chi connectivity index (χ2v) is 5.12. The van der Waals surface area contributed by atoms with Crippen molar-refractivity contribution in [1.29, 1.82) is 0 Å². The van der Waals surface area contributed by atoms with Crippen LogP contribution in [-0.2, 0) is 11.2 Å². The molecule has 108 valence electrons. The van der Waals surface area contributed by atoms with Crippen molar-refractivity contribution in [2.24, 2.45) is 5.73 Å². The van der Waals surface area contributed by atoms with Crippen LogP contribution in [0.1, 0.15) is 29.7 Å². The lowest BCUT2D eigenvalue weighted by Crippen LogP contribution is -2.25. The topological polar surface area (TPSA) is 64.3 Å². The number of rotatable bonds is 3. The van der Waals surface area contributed by atoms with Crippen LogP contribution in [0.15, 0.2) is 42.5 Å². The average Bonchev–Trinajstić information content (AvgIpc) is 2.53. The van der Waals surface area contributed by atoms with Gasteiger partial charge in [-0.25, -0.2) is 0 Å². The summed E-state index contributed by atoms with van der Waals surface area (Å²) in [5.74, 6) is 0.552. The number of hydrogen-bond acceptors (Lipinski definition) is 3. The molecule has 0 aliphatic carbocycles. The average molecular weight is 282 g/mol. The third-order valence-electron chi connectivity index (χ3n) is 3.77. The molecule has 3 N–H and O–H groups in total. The number of hydrogen-bond donors (Lipinski definition) is 2. The summed E-state index contributed by atoms with van der Waals surface area (Å²) in [5.41, 5.74) is 10.4. The highest BCUT2D eigenvalue weighted by Gasteiger charge is 2.19. The van der Waals surface area contributed by atoms with E-state index in [0.29, 0.717) is 11.4 Å². The predicted molar refractivity (Wildman–Crippen MR) is 82.4 cm³/mol. The minimum absolute atomic E-state index is 0.0665. The zero-order valence-electron chi connectivity index (χ0n) is 11.9. The number of benzene rings is 2. The van der Waals surface area contributed by atoms with E-state index in [4.69, 9.17) is 10.5 Å². The highest BCUT2D eigenvalue weighted by atomic mass is 16.5. The monoisotopic (exact) mass is 282 g/mol. The van der Waals surface area contributed by atoms with Crippen molar-refractivity contribution < 1.29 is 9.53 Å². The number of nitrogens with two attached hydrogens (primary N) is 1. The van der Waals surface area contributed by atoms with E-state index in [2.05, 4.69) is 24.4 Å². The van der Waals surface area contributed by atoms with Crippen LogP contribution in [0.2, 0.25) is 0 Å². The van der Waals surface area contributed by atoms with Crippen LogP contribution in [-0.4, -0.2) is 12.5 Å². The molecule has 1 aliphatic heterocycles. The number of carbonyl (C=O) groups is 1. The number of aryl methyl sites for hydroxylation is 1. The van der Waals surface area contributed by atoms with E-state index in [9.17, 15) is 4.79 Å². The summed E-state index contributed by atoms with van der Waals surface area (Å²) in [6.07, 6.45) is 0.939. The minimum atomic E-state index is -0.217. The normalized spacial score (nSPS) is 14.9. The number of anilines is 1. The number of fused-ring (bicyclic) bond motifs is 1. The summed E-state index contributed by atoms with van der Waals surface area (Å²) in [5, 5.41) is 2.82. The van der Waals surface area contributed by atoms with Crippen LogP contribution >= 0.6 is 0 Å². The molecule has 1 amide bonds. The van der Waals surface area contributed by atoms with Crippen molar-refractivity contribution in [3.05, 3.63) is 59.2 Å². The first kappa shape index (κ1) is 13.6. The van der Waals surface area contributed by atoms with Gasteiger partial charge >= 0.3 is 0 Å². The smallest absolute Gasteiger partial charge is 0.262 e. The molecule has 0 bridgehead atoms. The maximum absolute atomic E-state index is 11.4. The highest BCUT2D eigenvalue weighted by Crippen LogP contribution is 2.32. The number of carbonyl (C=O) groups excluding carboxylic acids is 1. The van der Waals surface area contributed by atoms with Crippen molar-refractivity contribution in [2.45, 2.75) is 19.4 Å².